The van der Waals surface area contributed by atoms with Gasteiger partial charge in [-0.1, -0.05) is 11.6 Å². The lowest BCUT2D eigenvalue weighted by Gasteiger charge is -2.84. The molecule has 0 aromatic heterocycles. The second-order valence-corrected chi connectivity index (χ2v) is 8.75. The number of fused-ring (bicyclic) bond motifs is 1. The molecule has 9 atom stereocenters. The minimum absolute atomic E-state index is 0.206. The third kappa shape index (κ3) is 1.67. The molecule has 0 aliphatic heterocycles. The molecule has 0 aromatic carbocycles. The van der Waals surface area contributed by atoms with Gasteiger partial charge in [-0.25, -0.2) is 9.59 Å². The van der Waals surface area contributed by atoms with Gasteiger partial charge in [0.15, 0.2) is 0 Å². The lowest BCUT2D eigenvalue weighted by Crippen LogP contribution is -2.81. The van der Waals surface area contributed by atoms with Crippen LogP contribution in [0.3, 0.4) is 0 Å². The van der Waals surface area contributed by atoms with Crippen LogP contribution in [0.1, 0.15) is 34.1 Å². The Balaban J connectivity index is 1.62. The molecule has 8 rings (SSSR count). The van der Waals surface area contributed by atoms with Gasteiger partial charge in [-0.05, 0) is 87.4 Å². The Bertz CT molecular complexity index is 747. The van der Waals surface area contributed by atoms with Crippen molar-refractivity contribution in [2.75, 3.05) is 13.2 Å². The van der Waals surface area contributed by atoms with Gasteiger partial charge in [-0.2, -0.15) is 0 Å². The van der Waals surface area contributed by atoms with E-state index >= 15 is 0 Å². The van der Waals surface area contributed by atoms with Gasteiger partial charge in [0.25, 0.3) is 0 Å². The molecule has 8 aliphatic rings. The van der Waals surface area contributed by atoms with E-state index in [1.54, 1.807) is 0 Å². The molecule has 4 nitrogen and oxygen atoms in total. The average molecular weight is 356 g/mol. The van der Waals surface area contributed by atoms with Gasteiger partial charge in [0.1, 0.15) is 0 Å². The molecule has 140 valence electrons. The fraction of sp³-hybridized carbons (Fsp3) is 0.727. The third-order valence-corrected chi connectivity index (χ3v) is 8.40. The fourth-order valence-corrected chi connectivity index (χ4v) is 7.83. The summed E-state index contributed by atoms with van der Waals surface area (Å²) in [5, 5.41) is 0. The molecule has 6 fully saturated rings. The Kier molecular flexibility index (Phi) is 3.48. The van der Waals surface area contributed by atoms with Gasteiger partial charge < -0.3 is 9.47 Å². The second kappa shape index (κ2) is 5.46. The van der Waals surface area contributed by atoms with Crippen molar-refractivity contribution in [3.63, 3.8) is 0 Å². The molecule has 8 aliphatic carbocycles. The first-order chi connectivity index (χ1) is 12.6. The predicted molar refractivity (Wildman–Crippen MR) is 95.8 cm³/mol. The lowest BCUT2D eigenvalue weighted by molar-refractivity contribution is -0.334. The molecule has 26 heavy (non-hydrogen) atoms. The SMILES string of the molecule is C/C=C(\C)[C@@H]1C[C@@H]2[C@@H]3C4[C@H]1[C@H]1C(C(=O)OCC)=C(C(=O)OCC)[C@@H]4[C@@H]3[C@@H]21. The van der Waals surface area contributed by atoms with Crippen molar-refractivity contribution < 1.29 is 19.1 Å². The number of carbonyl (C=O) groups is 2. The van der Waals surface area contributed by atoms with Crippen LogP contribution < -0.4 is 0 Å². The van der Waals surface area contributed by atoms with Crippen LogP contribution in [0.4, 0.5) is 0 Å². The quantitative estimate of drug-likeness (QED) is 0.560. The number of ether oxygens (including phenoxy) is 2. The predicted octanol–water partition coefficient (Wildman–Crippen LogP) is 3.38. The maximum absolute atomic E-state index is 12.9. The molecular formula is C22H28O4. The largest absolute Gasteiger partial charge is 0.463 e. The molecule has 0 heterocycles. The highest BCUT2D eigenvalue weighted by Crippen LogP contribution is 2.85. The van der Waals surface area contributed by atoms with E-state index in [2.05, 4.69) is 19.9 Å². The Morgan fingerprint density at radius 1 is 0.923 bits per heavy atom. The van der Waals surface area contributed by atoms with E-state index in [-0.39, 0.29) is 23.8 Å². The van der Waals surface area contributed by atoms with Crippen LogP contribution in [0.5, 0.6) is 0 Å². The highest BCUT2D eigenvalue weighted by atomic mass is 16.5. The highest BCUT2D eigenvalue weighted by molar-refractivity contribution is 6.02. The van der Waals surface area contributed by atoms with Gasteiger partial charge in [-0.3, -0.25) is 0 Å². The first-order valence-corrected chi connectivity index (χ1v) is 10.3. The van der Waals surface area contributed by atoms with Crippen molar-refractivity contribution in [3.8, 4) is 0 Å². The molecule has 0 amide bonds. The first kappa shape index (κ1) is 16.6. The fourth-order valence-electron chi connectivity index (χ4n) is 7.83. The maximum Gasteiger partial charge on any atom is 0.334 e. The Labute approximate surface area is 155 Å². The summed E-state index contributed by atoms with van der Waals surface area (Å²) < 4.78 is 10.8. The molecule has 8 bridgehead atoms. The third-order valence-electron chi connectivity index (χ3n) is 8.40. The summed E-state index contributed by atoms with van der Waals surface area (Å²) in [5.74, 6) is 4.30. The van der Waals surface area contributed by atoms with E-state index in [1.807, 2.05) is 13.8 Å². The molecular weight excluding hydrogens is 328 g/mol. The normalized spacial score (nSPS) is 46.6. The van der Waals surface area contributed by atoms with Crippen molar-refractivity contribution in [3.05, 3.63) is 22.8 Å². The van der Waals surface area contributed by atoms with Gasteiger partial charge >= 0.3 is 11.9 Å². The van der Waals surface area contributed by atoms with Crippen molar-refractivity contribution in [1.82, 2.24) is 0 Å². The minimum atomic E-state index is -0.269. The second-order valence-electron chi connectivity index (χ2n) is 8.75. The average Bonchev–Trinajstić information content (AvgIpc) is 2.61. The molecule has 0 spiro atoms. The molecule has 0 N–H and O–H groups in total. The Hall–Kier alpha value is -1.58. The van der Waals surface area contributed by atoms with E-state index < -0.39 is 0 Å². The van der Waals surface area contributed by atoms with E-state index in [4.69, 9.17) is 9.47 Å². The smallest absolute Gasteiger partial charge is 0.334 e. The summed E-state index contributed by atoms with van der Waals surface area (Å²) in [7, 11) is 0. The van der Waals surface area contributed by atoms with Crippen LogP contribution in [0.2, 0.25) is 0 Å². The summed E-state index contributed by atoms with van der Waals surface area (Å²) in [6.45, 7) is 8.72. The number of carbonyl (C=O) groups excluding carboxylic acids is 2. The van der Waals surface area contributed by atoms with Crippen LogP contribution >= 0.6 is 0 Å². The number of hydrogen-bond acceptors (Lipinski definition) is 4. The van der Waals surface area contributed by atoms with Crippen LogP contribution in [0.15, 0.2) is 22.8 Å². The zero-order valence-corrected chi connectivity index (χ0v) is 16.0. The van der Waals surface area contributed by atoms with Crippen LogP contribution in [0.25, 0.3) is 0 Å². The number of esters is 2. The van der Waals surface area contributed by atoms with E-state index in [1.165, 1.54) is 12.0 Å². The highest BCUT2D eigenvalue weighted by Gasteiger charge is 2.82. The topological polar surface area (TPSA) is 52.6 Å². The standard InChI is InChI=1S/C22H28O4/c1-5-9(4)10-8-11-13-15-12(10)17-14(11)16(13)18(15)20(22(24)26-7-3)19(17)21(23)25-6-2/h5,10-18H,6-8H2,1-4H3/b9-5+/t10-,11+,12-,13+,14+,15?,16-,17+,18-/m0/s1. The monoisotopic (exact) mass is 356 g/mol. The van der Waals surface area contributed by atoms with Crippen LogP contribution in [-0.2, 0) is 19.1 Å². The van der Waals surface area contributed by atoms with E-state index in [9.17, 15) is 9.59 Å². The zero-order chi connectivity index (χ0) is 18.3. The van der Waals surface area contributed by atoms with Crippen LogP contribution in [0, 0.1) is 53.3 Å². The number of hydrogen-bond donors (Lipinski definition) is 0. The summed E-state index contributed by atoms with van der Waals surface area (Å²) in [6.07, 6.45) is 3.51. The molecule has 0 radical (unpaired) electrons. The summed E-state index contributed by atoms with van der Waals surface area (Å²) in [6, 6.07) is 0. The van der Waals surface area contributed by atoms with E-state index in [0.29, 0.717) is 53.9 Å². The maximum atomic E-state index is 12.9. The summed E-state index contributed by atoms with van der Waals surface area (Å²) >= 11 is 0. The zero-order valence-electron chi connectivity index (χ0n) is 16.0. The number of allylic oxidation sites excluding steroid dienone is 2. The summed E-state index contributed by atoms with van der Waals surface area (Å²) in [4.78, 5) is 25.7. The molecule has 0 aromatic rings. The van der Waals surface area contributed by atoms with Crippen LogP contribution in [-0.4, -0.2) is 25.2 Å². The van der Waals surface area contributed by atoms with E-state index in [0.717, 1.165) is 11.8 Å². The minimum Gasteiger partial charge on any atom is -0.463 e. The van der Waals surface area contributed by atoms with Crippen molar-refractivity contribution in [2.45, 2.75) is 34.1 Å². The lowest BCUT2D eigenvalue weighted by atomic mass is 9.20. The molecule has 1 unspecified atom stereocenters. The van der Waals surface area contributed by atoms with Crippen molar-refractivity contribution >= 4 is 11.9 Å². The van der Waals surface area contributed by atoms with Crippen molar-refractivity contribution in [2.24, 2.45) is 53.3 Å². The van der Waals surface area contributed by atoms with Gasteiger partial charge in [-0.15, -0.1) is 0 Å². The van der Waals surface area contributed by atoms with Gasteiger partial charge in [0.05, 0.1) is 24.4 Å². The molecule has 4 heteroatoms. The van der Waals surface area contributed by atoms with Gasteiger partial charge in [0, 0.05) is 0 Å². The first-order valence-electron chi connectivity index (χ1n) is 10.3. The summed E-state index contributed by atoms with van der Waals surface area (Å²) in [5.41, 5.74) is 2.83. The Morgan fingerprint density at radius 3 is 2.00 bits per heavy atom. The van der Waals surface area contributed by atoms with Crippen molar-refractivity contribution in [1.29, 1.82) is 0 Å². The number of rotatable bonds is 5. The van der Waals surface area contributed by atoms with Gasteiger partial charge in [0.2, 0.25) is 0 Å². The Morgan fingerprint density at radius 2 is 1.46 bits per heavy atom. The molecule has 0 saturated heterocycles. The molecule has 6 saturated carbocycles.